The highest BCUT2D eigenvalue weighted by molar-refractivity contribution is 4.88. The van der Waals surface area contributed by atoms with Crippen molar-refractivity contribution >= 4 is 0 Å². The molecule has 0 bridgehead atoms. The van der Waals surface area contributed by atoms with Crippen molar-refractivity contribution in [3.8, 4) is 0 Å². The zero-order valence-electron chi connectivity index (χ0n) is 10.5. The molecule has 0 amide bonds. The van der Waals surface area contributed by atoms with Gasteiger partial charge < -0.3 is 9.88 Å². The Morgan fingerprint density at radius 2 is 2.38 bits per heavy atom. The Morgan fingerprint density at radius 3 is 3.00 bits per heavy atom. The normalized spacial score (nSPS) is 24.6. The van der Waals surface area contributed by atoms with Gasteiger partial charge in [-0.2, -0.15) is 0 Å². The first kappa shape index (κ1) is 11.6. The quantitative estimate of drug-likeness (QED) is 0.849. The topological polar surface area (TPSA) is 42.7 Å². The second-order valence-electron chi connectivity index (χ2n) is 5.70. The van der Waals surface area contributed by atoms with Crippen LogP contribution >= 0.6 is 0 Å². The standard InChI is InChI=1S/C12H22N4/c1-12(2)6-4-5-10(7-12)13-8-11-15-14-9-16(11)3/h9-10,13H,4-8H2,1-3H3. The second-order valence-corrected chi connectivity index (χ2v) is 5.70. The Bertz CT molecular complexity index is 343. The molecule has 1 aliphatic carbocycles. The van der Waals surface area contributed by atoms with Gasteiger partial charge in [-0.15, -0.1) is 10.2 Å². The summed E-state index contributed by atoms with van der Waals surface area (Å²) in [5.41, 5.74) is 0.496. The Kier molecular flexibility index (Phi) is 3.28. The molecule has 0 aliphatic heterocycles. The summed E-state index contributed by atoms with van der Waals surface area (Å²) in [7, 11) is 1.99. The summed E-state index contributed by atoms with van der Waals surface area (Å²) in [5.74, 6) is 1.02. The van der Waals surface area contributed by atoms with E-state index in [0.29, 0.717) is 11.5 Å². The number of aromatic nitrogens is 3. The summed E-state index contributed by atoms with van der Waals surface area (Å²) in [6, 6.07) is 0.639. The molecule has 1 saturated carbocycles. The van der Waals surface area contributed by atoms with Gasteiger partial charge in [0.2, 0.25) is 0 Å². The van der Waals surface area contributed by atoms with Crippen LogP contribution in [-0.2, 0) is 13.6 Å². The SMILES string of the molecule is Cn1cnnc1CNC1CCCC(C)(C)C1. The molecular weight excluding hydrogens is 200 g/mol. The maximum atomic E-state index is 4.09. The smallest absolute Gasteiger partial charge is 0.146 e. The molecule has 2 rings (SSSR count). The fourth-order valence-electron chi connectivity index (χ4n) is 2.58. The van der Waals surface area contributed by atoms with Crippen LogP contribution in [0, 0.1) is 5.41 Å². The monoisotopic (exact) mass is 222 g/mol. The third kappa shape index (κ3) is 2.82. The van der Waals surface area contributed by atoms with E-state index in [-0.39, 0.29) is 0 Å². The summed E-state index contributed by atoms with van der Waals surface area (Å²) < 4.78 is 1.97. The molecule has 1 aromatic heterocycles. The number of hydrogen-bond donors (Lipinski definition) is 1. The molecule has 1 atom stereocenters. The average Bonchev–Trinajstić information content (AvgIpc) is 2.60. The summed E-state index contributed by atoms with van der Waals surface area (Å²) >= 11 is 0. The molecule has 1 aliphatic rings. The molecule has 1 heterocycles. The lowest BCUT2D eigenvalue weighted by Crippen LogP contribution is -2.37. The van der Waals surface area contributed by atoms with Crippen LogP contribution in [0.15, 0.2) is 6.33 Å². The fraction of sp³-hybridized carbons (Fsp3) is 0.833. The number of hydrogen-bond acceptors (Lipinski definition) is 3. The first-order chi connectivity index (χ1) is 7.57. The van der Waals surface area contributed by atoms with Crippen molar-refractivity contribution in [3.05, 3.63) is 12.2 Å². The first-order valence-corrected chi connectivity index (χ1v) is 6.13. The van der Waals surface area contributed by atoms with Crippen molar-refractivity contribution < 1.29 is 0 Å². The molecule has 1 fully saturated rings. The third-order valence-electron chi connectivity index (χ3n) is 3.56. The van der Waals surface area contributed by atoms with Gasteiger partial charge in [-0.25, -0.2) is 0 Å². The van der Waals surface area contributed by atoms with Crippen LogP contribution in [0.4, 0.5) is 0 Å². The maximum absolute atomic E-state index is 4.09. The van der Waals surface area contributed by atoms with Gasteiger partial charge in [0.1, 0.15) is 12.2 Å². The zero-order chi connectivity index (χ0) is 11.6. The minimum absolute atomic E-state index is 0.496. The van der Waals surface area contributed by atoms with E-state index < -0.39 is 0 Å². The second kappa shape index (κ2) is 4.53. The van der Waals surface area contributed by atoms with Crippen LogP contribution in [0.3, 0.4) is 0 Å². The summed E-state index contributed by atoms with van der Waals surface area (Å²) in [6.45, 7) is 5.56. The molecular formula is C12H22N4. The summed E-state index contributed by atoms with van der Waals surface area (Å²) in [5, 5.41) is 11.6. The van der Waals surface area contributed by atoms with E-state index in [9.17, 15) is 0 Å². The van der Waals surface area contributed by atoms with Crippen molar-refractivity contribution in [1.82, 2.24) is 20.1 Å². The van der Waals surface area contributed by atoms with E-state index in [0.717, 1.165) is 12.4 Å². The number of rotatable bonds is 3. The van der Waals surface area contributed by atoms with Crippen LogP contribution in [0.2, 0.25) is 0 Å². The van der Waals surface area contributed by atoms with Gasteiger partial charge in [0.25, 0.3) is 0 Å². The predicted molar refractivity (Wildman–Crippen MR) is 63.9 cm³/mol. The number of nitrogens with zero attached hydrogens (tertiary/aromatic N) is 3. The van der Waals surface area contributed by atoms with Crippen LogP contribution in [0.5, 0.6) is 0 Å². The highest BCUT2D eigenvalue weighted by atomic mass is 15.3. The van der Waals surface area contributed by atoms with E-state index in [4.69, 9.17) is 0 Å². The Morgan fingerprint density at radius 1 is 1.56 bits per heavy atom. The zero-order valence-corrected chi connectivity index (χ0v) is 10.5. The summed E-state index contributed by atoms with van der Waals surface area (Å²) in [6.07, 6.45) is 7.01. The van der Waals surface area contributed by atoms with Gasteiger partial charge in [-0.1, -0.05) is 20.3 Å². The fourth-order valence-corrected chi connectivity index (χ4v) is 2.58. The maximum Gasteiger partial charge on any atom is 0.146 e. The van der Waals surface area contributed by atoms with E-state index >= 15 is 0 Å². The Labute approximate surface area is 97.5 Å². The van der Waals surface area contributed by atoms with E-state index in [1.165, 1.54) is 25.7 Å². The van der Waals surface area contributed by atoms with Gasteiger partial charge in [-0.05, 0) is 24.7 Å². The van der Waals surface area contributed by atoms with Crippen molar-refractivity contribution in [2.45, 2.75) is 52.1 Å². The molecule has 4 heteroatoms. The predicted octanol–water partition coefficient (Wildman–Crippen LogP) is 1.87. The molecule has 1 aromatic rings. The lowest BCUT2D eigenvalue weighted by atomic mass is 9.75. The van der Waals surface area contributed by atoms with Gasteiger partial charge >= 0.3 is 0 Å². The van der Waals surface area contributed by atoms with E-state index in [1.54, 1.807) is 6.33 Å². The lowest BCUT2D eigenvalue weighted by molar-refractivity contribution is 0.197. The van der Waals surface area contributed by atoms with Gasteiger partial charge in [0, 0.05) is 13.1 Å². The molecule has 0 spiro atoms. The number of nitrogens with one attached hydrogen (secondary N) is 1. The molecule has 1 unspecified atom stereocenters. The molecule has 0 radical (unpaired) electrons. The van der Waals surface area contributed by atoms with Gasteiger partial charge in [0.05, 0.1) is 6.54 Å². The average molecular weight is 222 g/mol. The Hall–Kier alpha value is -0.900. The molecule has 4 nitrogen and oxygen atoms in total. The van der Waals surface area contributed by atoms with Gasteiger partial charge in [-0.3, -0.25) is 0 Å². The molecule has 16 heavy (non-hydrogen) atoms. The van der Waals surface area contributed by atoms with Gasteiger partial charge in [0.15, 0.2) is 0 Å². The van der Waals surface area contributed by atoms with Crippen LogP contribution in [0.1, 0.15) is 45.4 Å². The Balaban J connectivity index is 1.84. The highest BCUT2D eigenvalue weighted by Crippen LogP contribution is 2.35. The van der Waals surface area contributed by atoms with Crippen LogP contribution in [0.25, 0.3) is 0 Å². The highest BCUT2D eigenvalue weighted by Gasteiger charge is 2.27. The van der Waals surface area contributed by atoms with Crippen molar-refractivity contribution in [3.63, 3.8) is 0 Å². The lowest BCUT2D eigenvalue weighted by Gasteiger charge is -2.35. The molecule has 90 valence electrons. The summed E-state index contributed by atoms with van der Waals surface area (Å²) in [4.78, 5) is 0. The minimum atomic E-state index is 0.496. The van der Waals surface area contributed by atoms with Crippen molar-refractivity contribution in [1.29, 1.82) is 0 Å². The van der Waals surface area contributed by atoms with E-state index in [1.807, 2.05) is 11.6 Å². The minimum Gasteiger partial charge on any atom is -0.320 e. The van der Waals surface area contributed by atoms with Crippen LogP contribution < -0.4 is 5.32 Å². The first-order valence-electron chi connectivity index (χ1n) is 6.13. The van der Waals surface area contributed by atoms with Crippen LogP contribution in [-0.4, -0.2) is 20.8 Å². The number of aryl methyl sites for hydroxylation is 1. The molecule has 0 saturated heterocycles. The molecule has 0 aromatic carbocycles. The van der Waals surface area contributed by atoms with Crippen molar-refractivity contribution in [2.75, 3.05) is 0 Å². The largest absolute Gasteiger partial charge is 0.320 e. The third-order valence-corrected chi connectivity index (χ3v) is 3.56. The van der Waals surface area contributed by atoms with Crippen molar-refractivity contribution in [2.24, 2.45) is 12.5 Å². The van der Waals surface area contributed by atoms with E-state index in [2.05, 4.69) is 29.4 Å². The molecule has 1 N–H and O–H groups in total.